The largest absolute Gasteiger partial charge is 0.472 e. The quantitative estimate of drug-likeness (QED) is 0.715. The predicted octanol–water partition coefficient (Wildman–Crippen LogP) is 1.35. The molecule has 3 heterocycles. The molecule has 1 unspecified atom stereocenters. The molecule has 1 amide bonds. The van der Waals surface area contributed by atoms with Crippen molar-refractivity contribution in [1.82, 2.24) is 30.1 Å². The fourth-order valence-electron chi connectivity index (χ4n) is 2.84. The summed E-state index contributed by atoms with van der Waals surface area (Å²) >= 11 is 0. The molecule has 0 aliphatic carbocycles. The molecule has 25 heavy (non-hydrogen) atoms. The van der Waals surface area contributed by atoms with Gasteiger partial charge in [-0.15, -0.1) is 5.10 Å². The molecule has 2 aromatic heterocycles. The molecule has 1 aromatic carbocycles. The normalized spacial score (nSPS) is 16.8. The minimum atomic E-state index is -0.0402. The summed E-state index contributed by atoms with van der Waals surface area (Å²) in [6.07, 6.45) is 3.93. The summed E-state index contributed by atoms with van der Waals surface area (Å²) in [5, 5.41) is 11.1. The van der Waals surface area contributed by atoms with Gasteiger partial charge in [-0.3, -0.25) is 4.79 Å². The zero-order valence-corrected chi connectivity index (χ0v) is 13.4. The van der Waals surface area contributed by atoms with Crippen molar-refractivity contribution in [1.29, 1.82) is 0 Å². The fourth-order valence-corrected chi connectivity index (χ4v) is 2.84. The second-order valence-corrected chi connectivity index (χ2v) is 5.75. The lowest BCUT2D eigenvalue weighted by Gasteiger charge is -2.17. The van der Waals surface area contributed by atoms with Crippen LogP contribution in [-0.2, 0) is 0 Å². The van der Waals surface area contributed by atoms with Crippen LogP contribution in [0.15, 0.2) is 55.0 Å². The van der Waals surface area contributed by atoms with E-state index in [1.54, 1.807) is 23.2 Å². The first-order chi connectivity index (χ1) is 12.3. The highest BCUT2D eigenvalue weighted by Crippen LogP contribution is 2.19. The molecule has 1 aliphatic rings. The Hall–Kier alpha value is -3.29. The Balaban J connectivity index is 1.44. The first-order valence-electron chi connectivity index (χ1n) is 8.00. The summed E-state index contributed by atoms with van der Waals surface area (Å²) in [5.74, 6) is 0.560. The molecule has 1 saturated heterocycles. The van der Waals surface area contributed by atoms with Gasteiger partial charge < -0.3 is 9.64 Å². The van der Waals surface area contributed by atoms with Crippen LogP contribution in [-0.4, -0.2) is 55.2 Å². The van der Waals surface area contributed by atoms with E-state index in [9.17, 15) is 4.79 Å². The fraction of sp³-hybridized carbons (Fsp3) is 0.235. The standard InChI is InChI=1S/C17H16N6O2/c24-17(13-4-3-5-14(10-13)23-12-19-20-21-23)22-9-7-15(11-22)25-16-6-1-2-8-18-16/h1-6,8,10,12,15H,7,9,11H2. The molecule has 1 fully saturated rings. The SMILES string of the molecule is O=C(c1cccc(-n2cnnn2)c1)N1CCC(Oc2ccccn2)C1. The molecule has 4 rings (SSSR count). The van der Waals surface area contributed by atoms with E-state index < -0.39 is 0 Å². The van der Waals surface area contributed by atoms with Crippen LogP contribution in [0, 0.1) is 0 Å². The Morgan fingerprint density at radius 2 is 2.16 bits per heavy atom. The maximum atomic E-state index is 12.8. The van der Waals surface area contributed by atoms with Crippen molar-refractivity contribution >= 4 is 5.91 Å². The molecule has 0 spiro atoms. The average molecular weight is 336 g/mol. The molecule has 8 nitrogen and oxygen atoms in total. The van der Waals surface area contributed by atoms with Crippen LogP contribution < -0.4 is 4.74 Å². The second kappa shape index (κ2) is 6.68. The van der Waals surface area contributed by atoms with Crippen LogP contribution >= 0.6 is 0 Å². The Morgan fingerprint density at radius 1 is 1.20 bits per heavy atom. The van der Waals surface area contributed by atoms with Crippen LogP contribution in [0.4, 0.5) is 0 Å². The van der Waals surface area contributed by atoms with Gasteiger partial charge in [0.15, 0.2) is 0 Å². The minimum Gasteiger partial charge on any atom is -0.472 e. The molecule has 3 aromatic rings. The number of hydrogen-bond acceptors (Lipinski definition) is 6. The summed E-state index contributed by atoms with van der Waals surface area (Å²) in [4.78, 5) is 18.7. The van der Waals surface area contributed by atoms with Gasteiger partial charge in [-0.25, -0.2) is 9.67 Å². The van der Waals surface area contributed by atoms with Crippen LogP contribution in [0.3, 0.4) is 0 Å². The van der Waals surface area contributed by atoms with E-state index in [0.29, 0.717) is 24.5 Å². The van der Waals surface area contributed by atoms with Crippen molar-refractivity contribution in [2.24, 2.45) is 0 Å². The molecule has 126 valence electrons. The molecule has 1 atom stereocenters. The van der Waals surface area contributed by atoms with Gasteiger partial charge in [-0.2, -0.15) is 0 Å². The number of carbonyl (C=O) groups is 1. The van der Waals surface area contributed by atoms with Crippen molar-refractivity contribution < 1.29 is 9.53 Å². The smallest absolute Gasteiger partial charge is 0.254 e. The number of pyridine rings is 1. The number of likely N-dealkylation sites (tertiary alicyclic amines) is 1. The van der Waals surface area contributed by atoms with E-state index >= 15 is 0 Å². The van der Waals surface area contributed by atoms with Gasteiger partial charge in [0, 0.05) is 30.8 Å². The maximum Gasteiger partial charge on any atom is 0.254 e. The van der Waals surface area contributed by atoms with Gasteiger partial charge in [-0.1, -0.05) is 12.1 Å². The van der Waals surface area contributed by atoms with E-state index in [0.717, 1.165) is 12.1 Å². The summed E-state index contributed by atoms with van der Waals surface area (Å²) < 4.78 is 7.36. The monoisotopic (exact) mass is 336 g/mol. The van der Waals surface area contributed by atoms with Crippen LogP contribution in [0.2, 0.25) is 0 Å². The van der Waals surface area contributed by atoms with Gasteiger partial charge in [0.25, 0.3) is 5.91 Å². The number of aromatic nitrogens is 5. The molecule has 1 aliphatic heterocycles. The number of ether oxygens (including phenoxy) is 1. The van der Waals surface area contributed by atoms with E-state index in [4.69, 9.17) is 4.74 Å². The number of hydrogen-bond donors (Lipinski definition) is 0. The topological polar surface area (TPSA) is 86.0 Å². The van der Waals surface area contributed by atoms with E-state index in [1.165, 1.54) is 11.0 Å². The third kappa shape index (κ3) is 3.32. The van der Waals surface area contributed by atoms with Crippen molar-refractivity contribution in [3.63, 3.8) is 0 Å². The van der Waals surface area contributed by atoms with Gasteiger partial charge in [0.05, 0.1) is 12.2 Å². The second-order valence-electron chi connectivity index (χ2n) is 5.75. The number of carbonyl (C=O) groups excluding carboxylic acids is 1. The summed E-state index contributed by atoms with van der Waals surface area (Å²) in [5.41, 5.74) is 1.35. The highest BCUT2D eigenvalue weighted by atomic mass is 16.5. The Bertz CT molecular complexity index is 853. The highest BCUT2D eigenvalue weighted by Gasteiger charge is 2.28. The molecular weight excluding hydrogens is 320 g/mol. The van der Waals surface area contributed by atoms with Gasteiger partial charge in [0.1, 0.15) is 12.4 Å². The molecule has 0 radical (unpaired) electrons. The number of benzene rings is 1. The average Bonchev–Trinajstić information content (AvgIpc) is 3.34. The number of tetrazole rings is 1. The van der Waals surface area contributed by atoms with Crippen molar-refractivity contribution in [3.05, 3.63) is 60.6 Å². The van der Waals surface area contributed by atoms with Crippen LogP contribution in [0.1, 0.15) is 16.8 Å². The third-order valence-corrected chi connectivity index (χ3v) is 4.06. The highest BCUT2D eigenvalue weighted by molar-refractivity contribution is 5.95. The minimum absolute atomic E-state index is 0.0259. The Labute approximate surface area is 144 Å². The van der Waals surface area contributed by atoms with Crippen LogP contribution in [0.25, 0.3) is 5.69 Å². The first kappa shape index (κ1) is 15.3. The summed E-state index contributed by atoms with van der Waals surface area (Å²) in [6.45, 7) is 1.20. The number of nitrogens with zero attached hydrogens (tertiary/aromatic N) is 6. The lowest BCUT2D eigenvalue weighted by Crippen LogP contribution is -2.31. The van der Waals surface area contributed by atoms with Crippen molar-refractivity contribution in [3.8, 4) is 11.6 Å². The summed E-state index contributed by atoms with van der Waals surface area (Å²) in [6, 6.07) is 12.8. The molecule has 0 N–H and O–H groups in total. The van der Waals surface area contributed by atoms with E-state index in [1.807, 2.05) is 30.3 Å². The zero-order valence-electron chi connectivity index (χ0n) is 13.4. The van der Waals surface area contributed by atoms with Crippen molar-refractivity contribution in [2.45, 2.75) is 12.5 Å². The zero-order chi connectivity index (χ0) is 17.1. The van der Waals surface area contributed by atoms with E-state index in [2.05, 4.69) is 20.5 Å². The number of amides is 1. The maximum absolute atomic E-state index is 12.8. The number of rotatable bonds is 4. The lowest BCUT2D eigenvalue weighted by atomic mass is 10.2. The Morgan fingerprint density at radius 3 is 2.96 bits per heavy atom. The third-order valence-electron chi connectivity index (χ3n) is 4.06. The first-order valence-corrected chi connectivity index (χ1v) is 8.00. The molecular formula is C17H16N6O2. The van der Waals surface area contributed by atoms with Gasteiger partial charge in [-0.05, 0) is 34.7 Å². The summed E-state index contributed by atoms with van der Waals surface area (Å²) in [7, 11) is 0. The molecule has 0 saturated carbocycles. The van der Waals surface area contributed by atoms with Crippen LogP contribution in [0.5, 0.6) is 5.88 Å². The lowest BCUT2D eigenvalue weighted by molar-refractivity contribution is 0.0771. The molecule has 8 heteroatoms. The van der Waals surface area contributed by atoms with Gasteiger partial charge >= 0.3 is 0 Å². The molecule has 0 bridgehead atoms. The Kier molecular flexibility index (Phi) is 4.07. The predicted molar refractivity (Wildman–Crippen MR) is 88.3 cm³/mol. The van der Waals surface area contributed by atoms with Crippen molar-refractivity contribution in [2.75, 3.05) is 13.1 Å². The van der Waals surface area contributed by atoms with Gasteiger partial charge in [0.2, 0.25) is 5.88 Å². The van der Waals surface area contributed by atoms with E-state index in [-0.39, 0.29) is 12.0 Å².